The van der Waals surface area contributed by atoms with Gasteiger partial charge in [0.2, 0.25) is 5.91 Å². The van der Waals surface area contributed by atoms with Gasteiger partial charge < -0.3 is 15.3 Å². The standard InChI is InChI=1S/C16H28N4O4/c1-12(21)11-18-7-9-19(10-8-18)13(22)5-4-6-20-14(23)16(2,3)17-15(20)24/h12,21H,4-11H2,1-3H3,(H,17,24). The maximum Gasteiger partial charge on any atom is 0.325 e. The summed E-state index contributed by atoms with van der Waals surface area (Å²) in [5.74, 6) is -0.190. The molecule has 136 valence electrons. The quantitative estimate of drug-likeness (QED) is 0.643. The molecule has 8 heteroatoms. The lowest BCUT2D eigenvalue weighted by Crippen LogP contribution is -2.50. The summed E-state index contributed by atoms with van der Waals surface area (Å²) in [6.07, 6.45) is 0.441. The van der Waals surface area contributed by atoms with Crippen molar-refractivity contribution >= 4 is 17.8 Å². The van der Waals surface area contributed by atoms with Crippen molar-refractivity contribution in [3.63, 3.8) is 0 Å². The molecule has 2 heterocycles. The number of hydrogen-bond donors (Lipinski definition) is 2. The fourth-order valence-electron chi connectivity index (χ4n) is 3.12. The molecule has 0 radical (unpaired) electrons. The van der Waals surface area contributed by atoms with Gasteiger partial charge in [0.1, 0.15) is 5.54 Å². The largest absolute Gasteiger partial charge is 0.392 e. The molecule has 0 saturated carbocycles. The molecule has 2 fully saturated rings. The molecule has 0 aromatic rings. The summed E-state index contributed by atoms with van der Waals surface area (Å²) in [6, 6.07) is -0.385. The first kappa shape index (κ1) is 18.7. The van der Waals surface area contributed by atoms with Crippen molar-refractivity contribution in [1.29, 1.82) is 0 Å². The second-order valence-corrected chi connectivity index (χ2v) is 7.15. The van der Waals surface area contributed by atoms with Crippen molar-refractivity contribution in [1.82, 2.24) is 20.0 Å². The van der Waals surface area contributed by atoms with Crippen LogP contribution >= 0.6 is 0 Å². The number of carbonyl (C=O) groups excluding carboxylic acids is 3. The van der Waals surface area contributed by atoms with Gasteiger partial charge in [0.05, 0.1) is 6.10 Å². The molecule has 2 saturated heterocycles. The van der Waals surface area contributed by atoms with Crippen LogP contribution in [0.15, 0.2) is 0 Å². The van der Waals surface area contributed by atoms with Gasteiger partial charge >= 0.3 is 6.03 Å². The first-order valence-corrected chi connectivity index (χ1v) is 8.53. The van der Waals surface area contributed by atoms with Crippen LogP contribution in [0.25, 0.3) is 0 Å². The Morgan fingerprint density at radius 1 is 1.25 bits per heavy atom. The third-order valence-electron chi connectivity index (χ3n) is 4.46. The minimum Gasteiger partial charge on any atom is -0.392 e. The molecule has 0 aromatic carbocycles. The van der Waals surface area contributed by atoms with E-state index >= 15 is 0 Å². The smallest absolute Gasteiger partial charge is 0.325 e. The number of aliphatic hydroxyl groups excluding tert-OH is 1. The number of carbonyl (C=O) groups is 3. The number of nitrogens with one attached hydrogen (secondary N) is 1. The van der Waals surface area contributed by atoms with Gasteiger partial charge in [-0.05, 0) is 27.2 Å². The molecule has 4 amide bonds. The number of imide groups is 1. The van der Waals surface area contributed by atoms with Crippen molar-refractivity contribution in [2.75, 3.05) is 39.3 Å². The summed E-state index contributed by atoms with van der Waals surface area (Å²) < 4.78 is 0. The van der Waals surface area contributed by atoms with Gasteiger partial charge in [-0.2, -0.15) is 0 Å². The van der Waals surface area contributed by atoms with Crippen molar-refractivity contribution in [2.24, 2.45) is 0 Å². The van der Waals surface area contributed by atoms with E-state index in [1.54, 1.807) is 20.8 Å². The summed E-state index contributed by atoms with van der Waals surface area (Å²) in [6.45, 7) is 8.83. The van der Waals surface area contributed by atoms with Crippen molar-refractivity contribution in [3.8, 4) is 0 Å². The molecule has 2 rings (SSSR count). The van der Waals surface area contributed by atoms with Gasteiger partial charge in [-0.3, -0.25) is 19.4 Å². The zero-order valence-electron chi connectivity index (χ0n) is 14.7. The van der Waals surface area contributed by atoms with Crippen LogP contribution in [0.2, 0.25) is 0 Å². The molecule has 1 atom stereocenters. The van der Waals surface area contributed by atoms with Gasteiger partial charge in [-0.15, -0.1) is 0 Å². The summed E-state index contributed by atoms with van der Waals surface area (Å²) in [4.78, 5) is 41.2. The molecule has 0 spiro atoms. The second-order valence-electron chi connectivity index (χ2n) is 7.15. The van der Waals surface area contributed by atoms with Crippen molar-refractivity contribution < 1.29 is 19.5 Å². The lowest BCUT2D eigenvalue weighted by molar-refractivity contribution is -0.134. The molecule has 2 aliphatic heterocycles. The van der Waals surface area contributed by atoms with E-state index in [1.807, 2.05) is 4.90 Å². The van der Waals surface area contributed by atoms with Gasteiger partial charge in [-0.1, -0.05) is 0 Å². The third-order valence-corrected chi connectivity index (χ3v) is 4.46. The topological polar surface area (TPSA) is 93.2 Å². The normalized spacial score (nSPS) is 22.7. The maximum atomic E-state index is 12.2. The summed E-state index contributed by atoms with van der Waals surface area (Å²) >= 11 is 0. The van der Waals surface area contributed by atoms with Crippen LogP contribution in [-0.2, 0) is 9.59 Å². The number of amides is 4. The zero-order valence-corrected chi connectivity index (χ0v) is 14.7. The predicted molar refractivity (Wildman–Crippen MR) is 88.3 cm³/mol. The van der Waals surface area contributed by atoms with Gasteiger partial charge in [-0.25, -0.2) is 4.79 Å². The van der Waals surface area contributed by atoms with E-state index < -0.39 is 5.54 Å². The number of aliphatic hydroxyl groups is 1. The number of β-amino-alcohol motifs (C(OH)–C–C–N with tert-alkyl or cyclic N) is 1. The zero-order chi connectivity index (χ0) is 17.9. The fraction of sp³-hybridized carbons (Fsp3) is 0.812. The van der Waals surface area contributed by atoms with Crippen molar-refractivity contribution in [3.05, 3.63) is 0 Å². The van der Waals surface area contributed by atoms with E-state index in [4.69, 9.17) is 0 Å². The van der Waals surface area contributed by atoms with Crippen LogP contribution < -0.4 is 5.32 Å². The Balaban J connectivity index is 1.71. The van der Waals surface area contributed by atoms with E-state index in [9.17, 15) is 19.5 Å². The van der Waals surface area contributed by atoms with Crippen molar-refractivity contribution in [2.45, 2.75) is 45.3 Å². The first-order chi connectivity index (χ1) is 11.2. The fourth-order valence-corrected chi connectivity index (χ4v) is 3.12. The Hall–Kier alpha value is -1.67. The summed E-state index contributed by atoms with van der Waals surface area (Å²) in [7, 11) is 0. The van der Waals surface area contributed by atoms with Gasteiger partial charge in [0.25, 0.3) is 5.91 Å². The van der Waals surface area contributed by atoms with Crippen LogP contribution in [0.4, 0.5) is 4.79 Å². The van der Waals surface area contributed by atoms with E-state index in [0.29, 0.717) is 32.5 Å². The monoisotopic (exact) mass is 340 g/mol. The molecule has 0 bridgehead atoms. The number of nitrogens with zero attached hydrogens (tertiary/aromatic N) is 3. The Labute approximate surface area is 142 Å². The minimum atomic E-state index is -0.860. The van der Waals surface area contributed by atoms with Crippen LogP contribution in [0.3, 0.4) is 0 Å². The number of piperazine rings is 1. The molecule has 2 N–H and O–H groups in total. The van der Waals surface area contributed by atoms with Gasteiger partial charge in [0, 0.05) is 45.7 Å². The molecule has 2 aliphatic rings. The third kappa shape index (κ3) is 4.45. The Bertz CT molecular complexity index is 498. The van der Waals surface area contributed by atoms with E-state index in [0.717, 1.165) is 13.1 Å². The Morgan fingerprint density at radius 3 is 2.38 bits per heavy atom. The molecule has 0 aliphatic carbocycles. The van der Waals surface area contributed by atoms with Crippen LogP contribution in [-0.4, -0.2) is 88.6 Å². The Morgan fingerprint density at radius 2 is 1.88 bits per heavy atom. The molecule has 8 nitrogen and oxygen atoms in total. The average molecular weight is 340 g/mol. The number of urea groups is 1. The predicted octanol–water partition coefficient (Wildman–Crippen LogP) is -0.378. The highest BCUT2D eigenvalue weighted by Crippen LogP contribution is 2.17. The highest BCUT2D eigenvalue weighted by Gasteiger charge is 2.43. The van der Waals surface area contributed by atoms with Crippen LogP contribution in [0.1, 0.15) is 33.6 Å². The average Bonchev–Trinajstić information content (AvgIpc) is 2.68. The minimum absolute atomic E-state index is 0.0537. The maximum absolute atomic E-state index is 12.2. The first-order valence-electron chi connectivity index (χ1n) is 8.53. The van der Waals surface area contributed by atoms with Gasteiger partial charge in [0.15, 0.2) is 0 Å². The van der Waals surface area contributed by atoms with Crippen LogP contribution in [0, 0.1) is 0 Å². The lowest BCUT2D eigenvalue weighted by Gasteiger charge is -2.35. The Kier molecular flexibility index (Phi) is 5.82. The second kappa shape index (κ2) is 7.48. The molecule has 0 aromatic heterocycles. The molecule has 1 unspecified atom stereocenters. The highest BCUT2D eigenvalue weighted by molar-refractivity contribution is 6.06. The lowest BCUT2D eigenvalue weighted by atomic mass is 10.1. The summed E-state index contributed by atoms with van der Waals surface area (Å²) in [5.41, 5.74) is -0.860. The number of hydrogen-bond acceptors (Lipinski definition) is 5. The summed E-state index contributed by atoms with van der Waals surface area (Å²) in [5, 5.41) is 12.0. The highest BCUT2D eigenvalue weighted by atomic mass is 16.3. The van der Waals surface area contributed by atoms with E-state index in [1.165, 1.54) is 4.90 Å². The molecular weight excluding hydrogens is 312 g/mol. The molecule has 24 heavy (non-hydrogen) atoms. The van der Waals surface area contributed by atoms with E-state index in [-0.39, 0.29) is 30.5 Å². The SMILES string of the molecule is CC(O)CN1CCN(C(=O)CCCN2C(=O)NC(C)(C)C2=O)CC1. The van der Waals surface area contributed by atoms with E-state index in [2.05, 4.69) is 10.2 Å². The number of rotatable bonds is 6. The molecular formula is C16H28N4O4. The van der Waals surface area contributed by atoms with Crippen LogP contribution in [0.5, 0.6) is 0 Å².